The van der Waals surface area contributed by atoms with Gasteiger partial charge >= 0.3 is 6.09 Å². The molecule has 1 saturated heterocycles. The number of carbonyl (C=O) groups is 4. The Bertz CT molecular complexity index is 1360. The van der Waals surface area contributed by atoms with E-state index in [2.05, 4.69) is 31.1 Å². The first-order valence-corrected chi connectivity index (χ1v) is 13.2. The van der Waals surface area contributed by atoms with Crippen LogP contribution in [0, 0.1) is 13.8 Å². The zero-order valence-corrected chi connectivity index (χ0v) is 22.7. The number of rotatable bonds is 5. The Kier molecular flexibility index (Phi) is 8.16. The number of nitrogens with zero attached hydrogens (tertiary/aromatic N) is 5. The van der Waals surface area contributed by atoms with Gasteiger partial charge in [0.05, 0.1) is 40.5 Å². The summed E-state index contributed by atoms with van der Waals surface area (Å²) in [6.07, 6.45) is 0.795. The van der Waals surface area contributed by atoms with E-state index in [1.165, 1.54) is 41.4 Å². The van der Waals surface area contributed by atoms with Crippen LogP contribution in [0.5, 0.6) is 0 Å². The molecule has 0 aromatic carbocycles. The van der Waals surface area contributed by atoms with Crippen molar-refractivity contribution in [2.45, 2.75) is 26.8 Å². The number of aromatic nitrogens is 3. The number of thiazole rings is 2. The summed E-state index contributed by atoms with van der Waals surface area (Å²) in [5, 5.41) is 6.70. The van der Waals surface area contributed by atoms with Gasteiger partial charge in [0.25, 0.3) is 11.8 Å². The van der Waals surface area contributed by atoms with Gasteiger partial charge in [0.2, 0.25) is 5.91 Å². The first kappa shape index (κ1) is 26.9. The second-order valence-corrected chi connectivity index (χ2v) is 10.4. The Morgan fingerprint density at radius 1 is 1.11 bits per heavy atom. The lowest BCUT2D eigenvalue weighted by atomic mass is 10.1. The van der Waals surface area contributed by atoms with Gasteiger partial charge in [-0.05, 0) is 26.0 Å². The molecule has 1 fully saturated rings. The molecule has 1 atom stereocenters. The average molecular weight is 559 g/mol. The molecule has 38 heavy (non-hydrogen) atoms. The van der Waals surface area contributed by atoms with E-state index >= 15 is 0 Å². The summed E-state index contributed by atoms with van der Waals surface area (Å²) in [5.41, 5.74) is 6.51. The number of anilines is 2. The zero-order valence-electron chi connectivity index (χ0n) is 21.1. The molecule has 4 amide bonds. The molecule has 15 heteroatoms. The van der Waals surface area contributed by atoms with Gasteiger partial charge in [0.1, 0.15) is 11.9 Å². The van der Waals surface area contributed by atoms with E-state index in [4.69, 9.17) is 4.74 Å². The van der Waals surface area contributed by atoms with Crippen LogP contribution in [0.25, 0.3) is 10.6 Å². The highest BCUT2D eigenvalue weighted by atomic mass is 32.1. The molecular weight excluding hydrogens is 532 g/mol. The lowest BCUT2D eigenvalue weighted by molar-refractivity contribution is -0.132. The zero-order chi connectivity index (χ0) is 27.4. The average Bonchev–Trinajstić information content (AvgIpc) is 3.51. The molecule has 3 aromatic rings. The van der Waals surface area contributed by atoms with Crippen LogP contribution >= 0.6 is 22.7 Å². The normalized spacial score (nSPS) is 15.1. The highest BCUT2D eigenvalue weighted by Gasteiger charge is 2.38. The topological polar surface area (TPSA) is 159 Å². The fourth-order valence-electron chi connectivity index (χ4n) is 3.85. The van der Waals surface area contributed by atoms with Crippen LogP contribution in [-0.2, 0) is 14.3 Å². The number of carbonyl (C=O) groups excluding carboxylic acids is 4. The predicted molar refractivity (Wildman–Crippen MR) is 141 cm³/mol. The lowest BCUT2D eigenvalue weighted by Gasteiger charge is -2.39. The Morgan fingerprint density at radius 2 is 1.89 bits per heavy atom. The smallest absolute Gasteiger partial charge is 0.409 e. The molecule has 1 aliphatic heterocycles. The van der Waals surface area contributed by atoms with Crippen LogP contribution in [0.15, 0.2) is 23.7 Å². The predicted octanol–water partition coefficient (Wildman–Crippen LogP) is 2.08. The number of nitrogens with one attached hydrogen (secondary N) is 3. The van der Waals surface area contributed by atoms with Gasteiger partial charge in [-0.1, -0.05) is 0 Å². The van der Waals surface area contributed by atoms with Crippen molar-refractivity contribution in [1.82, 2.24) is 35.6 Å². The fourth-order valence-corrected chi connectivity index (χ4v) is 5.52. The van der Waals surface area contributed by atoms with Crippen LogP contribution < -0.4 is 16.2 Å². The summed E-state index contributed by atoms with van der Waals surface area (Å²) in [6.45, 7) is 5.31. The van der Waals surface area contributed by atoms with Crippen molar-refractivity contribution in [3.63, 3.8) is 0 Å². The summed E-state index contributed by atoms with van der Waals surface area (Å²) in [6, 6.07) is 2.19. The van der Waals surface area contributed by atoms with Gasteiger partial charge in [-0.2, -0.15) is 0 Å². The quantitative estimate of drug-likeness (QED) is 0.399. The second-order valence-electron chi connectivity index (χ2n) is 8.34. The second kappa shape index (κ2) is 11.5. The van der Waals surface area contributed by atoms with Gasteiger partial charge in [0.15, 0.2) is 5.13 Å². The number of hydrogen-bond donors (Lipinski definition) is 3. The minimum atomic E-state index is -1.05. The molecular formula is C23H26N8O5S2. The Morgan fingerprint density at radius 3 is 2.53 bits per heavy atom. The van der Waals surface area contributed by atoms with Gasteiger partial charge in [0, 0.05) is 31.6 Å². The van der Waals surface area contributed by atoms with Crippen molar-refractivity contribution in [1.29, 1.82) is 0 Å². The highest BCUT2D eigenvalue weighted by molar-refractivity contribution is 7.16. The molecule has 1 aliphatic rings. The van der Waals surface area contributed by atoms with Crippen LogP contribution in [0.1, 0.15) is 28.0 Å². The molecule has 200 valence electrons. The van der Waals surface area contributed by atoms with Crippen molar-refractivity contribution in [3.8, 4) is 10.6 Å². The highest BCUT2D eigenvalue weighted by Crippen LogP contribution is 2.32. The maximum absolute atomic E-state index is 13.3. The van der Waals surface area contributed by atoms with E-state index in [9.17, 15) is 19.2 Å². The van der Waals surface area contributed by atoms with E-state index < -0.39 is 29.9 Å². The van der Waals surface area contributed by atoms with E-state index in [0.29, 0.717) is 10.9 Å². The number of piperazine rings is 1. The fraction of sp³-hybridized carbons (Fsp3) is 0.348. The monoisotopic (exact) mass is 558 g/mol. The first-order valence-electron chi connectivity index (χ1n) is 11.5. The van der Waals surface area contributed by atoms with E-state index in [1.807, 2.05) is 19.2 Å². The molecule has 4 rings (SSSR count). The number of amides is 4. The Balaban J connectivity index is 1.46. The number of methoxy groups -OCH3 is 1. The molecule has 0 saturated carbocycles. The number of aryl methyl sites for hydroxylation is 2. The number of hydrogen-bond acceptors (Lipinski definition) is 11. The van der Waals surface area contributed by atoms with Crippen LogP contribution in [0.4, 0.5) is 15.7 Å². The maximum Gasteiger partial charge on any atom is 0.409 e. The largest absolute Gasteiger partial charge is 0.453 e. The van der Waals surface area contributed by atoms with E-state index in [0.717, 1.165) is 21.3 Å². The third kappa shape index (κ3) is 6.06. The van der Waals surface area contributed by atoms with Gasteiger partial charge in [-0.25, -0.2) is 19.7 Å². The molecule has 0 spiro atoms. The SMILES string of the molecule is COC(=O)N1CCN(C(=O)c2ccc(Nc3nc(-c4sc(C)nc4C)cs3)nc2)[C@H](C(=O)NNC(C)=O)C1. The first-order chi connectivity index (χ1) is 18.2. The number of hydrazine groups is 1. The molecule has 0 bridgehead atoms. The van der Waals surface area contributed by atoms with Crippen molar-refractivity contribution < 1.29 is 23.9 Å². The lowest BCUT2D eigenvalue weighted by Crippen LogP contribution is -2.63. The number of pyridine rings is 1. The Labute approximate surface area is 226 Å². The molecule has 0 unspecified atom stereocenters. The van der Waals surface area contributed by atoms with Crippen molar-refractivity contribution >= 4 is 57.4 Å². The van der Waals surface area contributed by atoms with E-state index in [1.54, 1.807) is 23.5 Å². The minimum absolute atomic E-state index is 0.0878. The van der Waals surface area contributed by atoms with Crippen LogP contribution in [-0.4, -0.2) is 81.4 Å². The molecule has 0 radical (unpaired) electrons. The van der Waals surface area contributed by atoms with Crippen molar-refractivity contribution in [2.24, 2.45) is 0 Å². The maximum atomic E-state index is 13.3. The van der Waals surface area contributed by atoms with Crippen LogP contribution in [0.3, 0.4) is 0 Å². The summed E-state index contributed by atoms with van der Waals surface area (Å²) < 4.78 is 4.75. The number of ether oxygens (including phenoxy) is 1. The Hall–Kier alpha value is -4.11. The third-order valence-corrected chi connectivity index (χ3v) is 7.48. The van der Waals surface area contributed by atoms with Gasteiger partial charge < -0.3 is 19.9 Å². The van der Waals surface area contributed by atoms with Gasteiger partial charge in [-0.3, -0.25) is 25.2 Å². The molecule has 13 nitrogen and oxygen atoms in total. The molecule has 3 aromatic heterocycles. The molecule has 0 aliphatic carbocycles. The molecule has 4 heterocycles. The summed E-state index contributed by atoms with van der Waals surface area (Å²) in [7, 11) is 1.24. The standard InChI is InChI=1S/C23H26N8O5S2/c1-12-19(38-14(3)25-12)16-11-37-22(26-16)27-18-6-5-15(9-24-18)21(34)31-8-7-30(23(35)36-4)10-17(31)20(33)29-28-13(2)32/h5-6,9,11,17H,7-8,10H2,1-4H3,(H,28,32)(H,29,33)(H,24,26,27)/t17-/m0/s1. The van der Waals surface area contributed by atoms with Crippen LogP contribution in [0.2, 0.25) is 0 Å². The summed E-state index contributed by atoms with van der Waals surface area (Å²) in [4.78, 5) is 66.4. The van der Waals surface area contributed by atoms with Crippen molar-refractivity contribution in [2.75, 3.05) is 32.1 Å². The summed E-state index contributed by atoms with van der Waals surface area (Å²) in [5.74, 6) is -1.06. The molecule has 3 N–H and O–H groups in total. The van der Waals surface area contributed by atoms with Crippen molar-refractivity contribution in [3.05, 3.63) is 40.0 Å². The summed E-state index contributed by atoms with van der Waals surface area (Å²) >= 11 is 3.01. The van der Waals surface area contributed by atoms with E-state index in [-0.39, 0.29) is 25.2 Å². The third-order valence-electron chi connectivity index (χ3n) is 5.62. The van der Waals surface area contributed by atoms with Gasteiger partial charge in [-0.15, -0.1) is 22.7 Å². The minimum Gasteiger partial charge on any atom is -0.453 e.